The van der Waals surface area contributed by atoms with Crippen molar-refractivity contribution in [1.82, 2.24) is 4.98 Å². The van der Waals surface area contributed by atoms with Gasteiger partial charge in [0.2, 0.25) is 0 Å². The number of thiophene rings is 1. The van der Waals surface area contributed by atoms with Crippen LogP contribution < -0.4 is 31.7 Å². The number of pyridine rings is 1. The van der Waals surface area contributed by atoms with Gasteiger partial charge in [-0.05, 0) is 53.3 Å². The summed E-state index contributed by atoms with van der Waals surface area (Å²) in [7, 11) is 1.64. The van der Waals surface area contributed by atoms with E-state index in [-0.39, 0.29) is 5.91 Å². The van der Waals surface area contributed by atoms with Gasteiger partial charge in [-0.3, -0.25) is 19.4 Å². The van der Waals surface area contributed by atoms with Crippen molar-refractivity contribution >= 4 is 56.6 Å². The minimum absolute atomic E-state index is 0.216. The molecule has 0 aliphatic carbocycles. The zero-order valence-electron chi connectivity index (χ0n) is 20.0. The van der Waals surface area contributed by atoms with Crippen LogP contribution in [-0.4, -0.2) is 24.5 Å². The second-order valence-corrected chi connectivity index (χ2v) is 9.75. The number of aromatic nitrogens is 1. The van der Waals surface area contributed by atoms with E-state index in [1.54, 1.807) is 13.2 Å². The van der Waals surface area contributed by atoms with Crippen LogP contribution in [-0.2, 0) is 13.0 Å². The van der Waals surface area contributed by atoms with Crippen LogP contribution in [0.3, 0.4) is 0 Å². The Morgan fingerprint density at radius 3 is 2.81 bits per heavy atom. The Morgan fingerprint density at radius 2 is 1.95 bits per heavy atom. The summed E-state index contributed by atoms with van der Waals surface area (Å²) in [5.74, 6) is -0.216. The summed E-state index contributed by atoms with van der Waals surface area (Å²) in [6, 6.07) is 17.5. The molecule has 1 amide bonds. The smallest absolute Gasteiger partial charge is 0.267 e. The molecule has 0 fully saturated rings. The van der Waals surface area contributed by atoms with Crippen LogP contribution in [0.4, 0.5) is 28.4 Å². The maximum Gasteiger partial charge on any atom is 0.267 e. The van der Waals surface area contributed by atoms with Crippen molar-refractivity contribution in [3.63, 3.8) is 0 Å². The van der Waals surface area contributed by atoms with Crippen LogP contribution >= 0.6 is 11.3 Å². The molecule has 0 saturated carbocycles. The molecule has 5 aromatic rings. The Balaban J connectivity index is 1.20. The maximum atomic E-state index is 13.2. The predicted molar refractivity (Wildman–Crippen MR) is 149 cm³/mol. The first-order valence-electron chi connectivity index (χ1n) is 11.9. The highest BCUT2D eigenvalue weighted by atomic mass is 32.1. The quantitative estimate of drug-likeness (QED) is 0.278. The number of anilines is 5. The van der Waals surface area contributed by atoms with Crippen molar-refractivity contribution in [3.8, 4) is 0 Å². The molecule has 9 heteroatoms. The lowest BCUT2D eigenvalue weighted by Gasteiger charge is -2.23. The van der Waals surface area contributed by atoms with Crippen LogP contribution in [0.25, 0.3) is 10.9 Å². The van der Waals surface area contributed by atoms with Crippen molar-refractivity contribution in [1.29, 1.82) is 0 Å². The van der Waals surface area contributed by atoms with Gasteiger partial charge in [-0.1, -0.05) is 24.3 Å². The van der Waals surface area contributed by atoms with Gasteiger partial charge in [-0.25, -0.2) is 0 Å². The lowest BCUT2D eigenvalue weighted by atomic mass is 10.1. The highest BCUT2D eigenvalue weighted by Gasteiger charge is 2.30. The number of nitrogens with zero attached hydrogens (tertiary/aromatic N) is 2. The van der Waals surface area contributed by atoms with E-state index >= 15 is 0 Å². The molecule has 0 unspecified atom stereocenters. The average Bonchev–Trinajstić information content (AvgIpc) is 3.56. The number of benzene rings is 2. The standard InChI is InChI=1S/C28H23N5O3S/c1-29-23-24(26(35)25(23)34)33-12-9-16-6-7-18(14-22(16)33)32-28(36)27-21(10-13-37-27)31-15-17-8-11-30-20-5-3-2-4-19(17)20/h2-8,10-11,13-14,29,31H,9,12,15H2,1H3,(H,32,36). The Bertz CT molecular complexity index is 1730. The number of carbonyl (C=O) groups is 1. The number of hydrogen-bond acceptors (Lipinski definition) is 8. The Morgan fingerprint density at radius 1 is 1.08 bits per heavy atom. The van der Waals surface area contributed by atoms with Crippen LogP contribution in [0.1, 0.15) is 20.8 Å². The van der Waals surface area contributed by atoms with Gasteiger partial charge in [0.25, 0.3) is 16.8 Å². The van der Waals surface area contributed by atoms with Gasteiger partial charge in [0.15, 0.2) is 0 Å². The number of fused-ring (bicyclic) bond motifs is 2. The maximum absolute atomic E-state index is 13.2. The SMILES string of the molecule is CNc1c(N2CCc3ccc(NC(=O)c4sccc4NCc4ccnc5ccccc45)cc32)c(=O)c1=O. The number of rotatable bonds is 7. The summed E-state index contributed by atoms with van der Waals surface area (Å²) in [6.07, 6.45) is 2.55. The van der Waals surface area contributed by atoms with E-state index in [2.05, 4.69) is 20.9 Å². The second kappa shape index (κ2) is 9.18. The van der Waals surface area contributed by atoms with Crippen molar-refractivity contribution in [2.24, 2.45) is 0 Å². The molecule has 0 bridgehead atoms. The third kappa shape index (κ3) is 3.93. The Labute approximate surface area is 216 Å². The Hall–Kier alpha value is -4.50. The van der Waals surface area contributed by atoms with E-state index in [9.17, 15) is 14.4 Å². The zero-order chi connectivity index (χ0) is 25.5. The molecule has 1 aliphatic rings. The van der Waals surface area contributed by atoms with E-state index in [0.717, 1.165) is 39.8 Å². The molecule has 0 atom stereocenters. The summed E-state index contributed by atoms with van der Waals surface area (Å²) < 4.78 is 0. The highest BCUT2D eigenvalue weighted by molar-refractivity contribution is 7.12. The van der Waals surface area contributed by atoms with Gasteiger partial charge in [0.05, 0.1) is 11.2 Å². The Kier molecular flexibility index (Phi) is 5.69. The van der Waals surface area contributed by atoms with Gasteiger partial charge in [-0.15, -0.1) is 11.3 Å². The molecule has 3 aromatic carbocycles. The third-order valence-electron chi connectivity index (χ3n) is 6.72. The van der Waals surface area contributed by atoms with E-state index in [1.807, 2.05) is 64.9 Å². The summed E-state index contributed by atoms with van der Waals surface area (Å²) in [4.78, 5) is 44.2. The summed E-state index contributed by atoms with van der Waals surface area (Å²) in [5.41, 5.74) is 5.06. The first kappa shape index (κ1) is 22.9. The van der Waals surface area contributed by atoms with Crippen molar-refractivity contribution in [2.75, 3.05) is 34.4 Å². The minimum atomic E-state index is -0.493. The lowest BCUT2D eigenvalue weighted by molar-refractivity contribution is 0.103. The molecule has 6 rings (SSSR count). The molecule has 0 radical (unpaired) electrons. The van der Waals surface area contributed by atoms with E-state index in [0.29, 0.717) is 35.0 Å². The normalized spacial score (nSPS) is 12.6. The number of para-hydroxylation sites is 1. The molecule has 37 heavy (non-hydrogen) atoms. The zero-order valence-corrected chi connectivity index (χ0v) is 20.8. The molecule has 3 heterocycles. The average molecular weight is 510 g/mol. The van der Waals surface area contributed by atoms with E-state index in [1.165, 1.54) is 11.3 Å². The fourth-order valence-corrected chi connectivity index (χ4v) is 5.64. The molecule has 2 aromatic heterocycles. The number of carbonyl (C=O) groups excluding carboxylic acids is 1. The fraction of sp³-hybridized carbons (Fsp3) is 0.143. The minimum Gasteiger partial charge on any atom is -0.383 e. The van der Waals surface area contributed by atoms with E-state index in [4.69, 9.17) is 0 Å². The van der Waals surface area contributed by atoms with Crippen LogP contribution in [0.2, 0.25) is 0 Å². The van der Waals surface area contributed by atoms with Gasteiger partial charge < -0.3 is 20.9 Å². The van der Waals surface area contributed by atoms with E-state index < -0.39 is 10.9 Å². The van der Waals surface area contributed by atoms with Crippen LogP contribution in [0.5, 0.6) is 0 Å². The molecule has 0 spiro atoms. The van der Waals surface area contributed by atoms with Gasteiger partial charge in [0, 0.05) is 43.1 Å². The third-order valence-corrected chi connectivity index (χ3v) is 7.64. The van der Waals surface area contributed by atoms with Crippen LogP contribution in [0.15, 0.2) is 75.8 Å². The molecule has 3 N–H and O–H groups in total. The summed E-state index contributed by atoms with van der Waals surface area (Å²) in [5, 5.41) is 12.2. The second-order valence-electron chi connectivity index (χ2n) is 8.84. The molecular formula is C28H23N5O3S. The van der Waals surface area contributed by atoms with Gasteiger partial charge in [0.1, 0.15) is 16.3 Å². The summed E-state index contributed by atoms with van der Waals surface area (Å²) in [6.45, 7) is 1.17. The topological polar surface area (TPSA) is 103 Å². The number of nitrogens with one attached hydrogen (secondary N) is 3. The van der Waals surface area contributed by atoms with Gasteiger partial charge >= 0.3 is 0 Å². The lowest BCUT2D eigenvalue weighted by Crippen LogP contribution is -2.40. The molecular weight excluding hydrogens is 486 g/mol. The summed E-state index contributed by atoms with van der Waals surface area (Å²) >= 11 is 1.37. The largest absolute Gasteiger partial charge is 0.383 e. The first-order chi connectivity index (χ1) is 18.0. The predicted octanol–water partition coefficient (Wildman–Crippen LogP) is 4.49. The van der Waals surface area contributed by atoms with Crippen molar-refractivity contribution in [3.05, 3.63) is 103 Å². The van der Waals surface area contributed by atoms with Crippen molar-refractivity contribution in [2.45, 2.75) is 13.0 Å². The molecule has 1 aliphatic heterocycles. The number of hydrogen-bond donors (Lipinski definition) is 3. The highest BCUT2D eigenvalue weighted by Crippen LogP contribution is 2.38. The van der Waals surface area contributed by atoms with Crippen molar-refractivity contribution < 1.29 is 4.79 Å². The molecule has 0 saturated heterocycles. The van der Waals surface area contributed by atoms with Gasteiger partial charge in [-0.2, -0.15) is 0 Å². The fourth-order valence-electron chi connectivity index (χ4n) is 4.87. The molecule has 184 valence electrons. The van der Waals surface area contributed by atoms with Crippen LogP contribution in [0, 0.1) is 0 Å². The number of amides is 1. The first-order valence-corrected chi connectivity index (χ1v) is 12.8. The monoisotopic (exact) mass is 509 g/mol. The molecule has 8 nitrogen and oxygen atoms in total.